The average molecular weight is 501 g/mol. The van der Waals surface area contributed by atoms with Crippen molar-refractivity contribution in [1.29, 1.82) is 0 Å². The molecule has 0 saturated carbocycles. The van der Waals surface area contributed by atoms with Gasteiger partial charge in [-0.2, -0.15) is 0 Å². The van der Waals surface area contributed by atoms with E-state index in [-0.39, 0.29) is 5.78 Å². The van der Waals surface area contributed by atoms with E-state index >= 15 is 0 Å². The summed E-state index contributed by atoms with van der Waals surface area (Å²) in [6.45, 7) is 29.2. The van der Waals surface area contributed by atoms with Gasteiger partial charge in [0.1, 0.15) is 32.9 Å². The Morgan fingerprint density at radius 1 is 0.562 bits per heavy atom. The van der Waals surface area contributed by atoms with Gasteiger partial charge in [-0.15, -0.1) is 0 Å². The molecule has 0 fully saturated rings. The van der Waals surface area contributed by atoms with Crippen molar-refractivity contribution in [2.45, 2.75) is 78.6 Å². The van der Waals surface area contributed by atoms with Gasteiger partial charge in [-0.3, -0.25) is 4.79 Å². The molecule has 0 N–H and O–H groups in total. The highest BCUT2D eigenvalue weighted by atomic mass is 28.4. The van der Waals surface area contributed by atoms with Crippen LogP contribution >= 0.6 is 0 Å². The number of para-hydroxylation sites is 1. The van der Waals surface area contributed by atoms with Crippen LogP contribution in [-0.2, 0) is 0 Å². The first-order valence-corrected chi connectivity index (χ1v) is 25.5. The van der Waals surface area contributed by atoms with Crippen molar-refractivity contribution in [2.24, 2.45) is 0 Å². The van der Waals surface area contributed by atoms with Gasteiger partial charge in [0.2, 0.25) is 0 Å². The molecule has 2 aromatic rings. The first kappa shape index (κ1) is 26.8. The zero-order valence-corrected chi connectivity index (χ0v) is 26.4. The fraction of sp³-hybridized carbons (Fsp3) is 0.480. The van der Waals surface area contributed by atoms with E-state index in [1.54, 1.807) is 0 Å². The first-order valence-electron chi connectivity index (χ1n) is 11.7. The number of anilines is 2. The highest BCUT2D eigenvalue weighted by Gasteiger charge is 2.42. The topological polar surface area (TPSA) is 23.6 Å². The van der Waals surface area contributed by atoms with Gasteiger partial charge in [-0.25, -0.2) is 0 Å². The van der Waals surface area contributed by atoms with E-state index < -0.39 is 32.9 Å². The van der Waals surface area contributed by atoms with Gasteiger partial charge >= 0.3 is 0 Å². The zero-order chi connectivity index (χ0) is 24.7. The van der Waals surface area contributed by atoms with E-state index in [1.807, 2.05) is 30.3 Å². The van der Waals surface area contributed by atoms with Crippen molar-refractivity contribution in [1.82, 2.24) is 0 Å². The summed E-state index contributed by atoms with van der Waals surface area (Å²) in [7, 11) is -6.99. The average Bonchev–Trinajstić information content (AvgIpc) is 2.58. The Morgan fingerprint density at radius 3 is 1.41 bits per heavy atom. The zero-order valence-electron chi connectivity index (χ0n) is 22.4. The Labute approximate surface area is 201 Å². The number of hydrogen-bond acceptors (Lipinski definition) is 3. The minimum Gasteiger partial charge on any atom is -0.423 e. The lowest BCUT2D eigenvalue weighted by atomic mass is 10.0. The van der Waals surface area contributed by atoms with Crippen molar-refractivity contribution < 1.29 is 4.79 Å². The summed E-state index contributed by atoms with van der Waals surface area (Å²) in [6.07, 6.45) is 0. The molecule has 0 unspecified atom stereocenters. The molecule has 0 aliphatic rings. The summed E-state index contributed by atoms with van der Waals surface area (Å²) in [5.41, 5.74) is 4.11. The Morgan fingerprint density at radius 2 is 1.00 bits per heavy atom. The van der Waals surface area contributed by atoms with Crippen molar-refractivity contribution in [3.8, 4) is 0 Å². The summed E-state index contributed by atoms with van der Waals surface area (Å²) in [6, 6.07) is 16.2. The van der Waals surface area contributed by atoms with E-state index in [9.17, 15) is 4.79 Å². The molecule has 0 aromatic heterocycles. The van der Waals surface area contributed by atoms with Crippen LogP contribution in [-0.4, -0.2) is 38.7 Å². The maximum absolute atomic E-state index is 13.9. The molecule has 2 rings (SSSR count). The Kier molecular flexibility index (Phi) is 7.61. The Hall–Kier alpha value is -1.42. The number of carbonyl (C=O) groups excluding carboxylic acids is 1. The summed E-state index contributed by atoms with van der Waals surface area (Å²) in [5.74, 6) is 0.134. The van der Waals surface area contributed by atoms with E-state index in [2.05, 4.69) is 105 Å². The maximum atomic E-state index is 13.9. The second kappa shape index (κ2) is 9.08. The molecule has 0 spiro atoms. The van der Waals surface area contributed by atoms with Crippen LogP contribution in [0, 0.1) is 0 Å². The number of hydrogen-bond donors (Lipinski definition) is 0. The van der Waals surface area contributed by atoms with Crippen LogP contribution in [0.1, 0.15) is 15.9 Å². The summed E-state index contributed by atoms with van der Waals surface area (Å²) in [5, 5.41) is 0. The van der Waals surface area contributed by atoms with Crippen molar-refractivity contribution in [3.05, 3.63) is 59.7 Å². The molecule has 0 radical (unpaired) electrons. The molecule has 0 atom stereocenters. The molecule has 0 aliphatic heterocycles. The molecule has 0 bridgehead atoms. The summed E-state index contributed by atoms with van der Waals surface area (Å²) >= 11 is 0. The molecule has 0 amide bonds. The Balaban J connectivity index is 3.00. The Bertz CT molecular complexity index is 921. The number of carbonyl (C=O) groups is 1. The molecule has 0 aliphatic carbocycles. The lowest BCUT2D eigenvalue weighted by molar-refractivity contribution is 0.103. The lowest BCUT2D eigenvalue weighted by Gasteiger charge is -2.52. The van der Waals surface area contributed by atoms with E-state index in [1.165, 1.54) is 11.4 Å². The fourth-order valence-corrected chi connectivity index (χ4v) is 25.0. The molecule has 32 heavy (non-hydrogen) atoms. The van der Waals surface area contributed by atoms with Crippen LogP contribution in [0.15, 0.2) is 48.5 Å². The first-order chi connectivity index (χ1) is 14.4. The van der Waals surface area contributed by atoms with Crippen LogP contribution < -0.4 is 8.46 Å². The molecule has 0 heterocycles. The van der Waals surface area contributed by atoms with Crippen LogP contribution in [0.4, 0.5) is 11.4 Å². The molecular formula is C25H44N2OSi4. The molecule has 3 nitrogen and oxygen atoms in total. The van der Waals surface area contributed by atoms with Crippen LogP contribution in [0.25, 0.3) is 0 Å². The summed E-state index contributed by atoms with van der Waals surface area (Å²) in [4.78, 5) is 13.9. The SMILES string of the molecule is C[Si](C)(C)N(c1cccc(C(=O)c2ccccc2)c1N([Si](C)(C)C)[Si](C)(C)C)[Si](C)(C)C. The highest BCUT2D eigenvalue weighted by Crippen LogP contribution is 2.43. The van der Waals surface area contributed by atoms with Gasteiger partial charge < -0.3 is 8.46 Å². The van der Waals surface area contributed by atoms with Gasteiger partial charge in [0.25, 0.3) is 0 Å². The van der Waals surface area contributed by atoms with Crippen molar-refractivity contribution in [2.75, 3.05) is 8.46 Å². The van der Waals surface area contributed by atoms with Crippen molar-refractivity contribution in [3.63, 3.8) is 0 Å². The third-order valence-corrected chi connectivity index (χ3v) is 19.8. The van der Waals surface area contributed by atoms with Gasteiger partial charge in [-0.05, 0) is 12.1 Å². The van der Waals surface area contributed by atoms with E-state index in [4.69, 9.17) is 0 Å². The van der Waals surface area contributed by atoms with Crippen LogP contribution in [0.2, 0.25) is 78.6 Å². The van der Waals surface area contributed by atoms with Gasteiger partial charge in [0.15, 0.2) is 5.78 Å². The largest absolute Gasteiger partial charge is 0.423 e. The normalized spacial score (nSPS) is 13.1. The second-order valence-corrected chi connectivity index (χ2v) is 32.8. The predicted octanol–water partition coefficient (Wildman–Crippen LogP) is 7.87. The predicted molar refractivity (Wildman–Crippen MR) is 155 cm³/mol. The standard InChI is InChI=1S/C25H44N2OSi4/c1-29(2,3)26(30(4,5)6)23-20-16-19-22(25(28)21-17-14-13-15-18-21)24(23)27(31(7,8)9)32(10,11)12/h13-20H,1-12H3. The van der Waals surface area contributed by atoms with Crippen LogP contribution in [0.5, 0.6) is 0 Å². The third-order valence-electron chi connectivity index (χ3n) is 5.44. The quantitative estimate of drug-likeness (QED) is 0.272. The minimum absolute atomic E-state index is 0.134. The monoisotopic (exact) mass is 500 g/mol. The molecule has 7 heteroatoms. The lowest BCUT2D eigenvalue weighted by Crippen LogP contribution is -2.63. The van der Waals surface area contributed by atoms with E-state index in [0.717, 1.165) is 11.1 Å². The number of benzene rings is 2. The molecule has 176 valence electrons. The minimum atomic E-state index is -1.79. The maximum Gasteiger partial charge on any atom is 0.195 e. The number of nitrogens with zero attached hydrogens (tertiary/aromatic N) is 2. The summed E-state index contributed by atoms with van der Waals surface area (Å²) < 4.78 is 5.53. The third kappa shape index (κ3) is 5.92. The number of ketones is 1. The van der Waals surface area contributed by atoms with Gasteiger partial charge in [0, 0.05) is 16.8 Å². The molecular weight excluding hydrogens is 457 g/mol. The number of rotatable bonds is 8. The molecule has 2 aromatic carbocycles. The molecule has 0 saturated heterocycles. The second-order valence-electron chi connectivity index (χ2n) is 12.7. The van der Waals surface area contributed by atoms with Crippen molar-refractivity contribution >= 4 is 50.1 Å². The smallest absolute Gasteiger partial charge is 0.195 e. The van der Waals surface area contributed by atoms with E-state index in [0.29, 0.717) is 0 Å². The van der Waals surface area contributed by atoms with Gasteiger partial charge in [0.05, 0.1) is 5.69 Å². The fourth-order valence-electron chi connectivity index (χ4n) is 5.28. The highest BCUT2D eigenvalue weighted by molar-refractivity contribution is 7.01. The van der Waals surface area contributed by atoms with Gasteiger partial charge in [-0.1, -0.05) is 115 Å². The van der Waals surface area contributed by atoms with Crippen LogP contribution in [0.3, 0.4) is 0 Å².